The monoisotopic (exact) mass is 304 g/mol. The maximum atomic E-state index is 12.6. The fourth-order valence-electron chi connectivity index (χ4n) is 1.32. The molecule has 0 fully saturated rings. The molecule has 0 atom stereocenters. The number of hydrogen-bond acceptors (Lipinski definition) is 4. The number of methoxy groups -OCH3 is 1. The van der Waals surface area contributed by atoms with Gasteiger partial charge in [-0.05, 0) is 17.7 Å². The maximum Gasteiger partial charge on any atom is 0.420 e. The Balaban J connectivity index is 3.40. The lowest BCUT2D eigenvalue weighted by Crippen LogP contribution is -2.08. The highest BCUT2D eigenvalue weighted by Gasteiger charge is 2.36. The molecule has 0 bridgehead atoms. The van der Waals surface area contributed by atoms with Gasteiger partial charge in [0, 0.05) is 10.7 Å². The molecule has 0 radical (unpaired) electrons. The summed E-state index contributed by atoms with van der Waals surface area (Å²) in [5.41, 5.74) is -1.61. The lowest BCUT2D eigenvalue weighted by molar-refractivity contribution is -0.138. The molecule has 102 valence electrons. The van der Waals surface area contributed by atoms with E-state index in [1.165, 1.54) is 0 Å². The molecule has 9 heteroatoms. The predicted octanol–water partition coefficient (Wildman–Crippen LogP) is 2.49. The number of ether oxygens (including phenoxy) is 1. The van der Waals surface area contributed by atoms with Crippen LogP contribution in [0.25, 0.3) is 0 Å². The molecule has 0 unspecified atom stereocenters. The number of halogens is 4. The van der Waals surface area contributed by atoms with Crippen LogP contribution in [-0.4, -0.2) is 20.6 Å². The van der Waals surface area contributed by atoms with Crippen LogP contribution in [-0.2, 0) is 21.0 Å². The van der Waals surface area contributed by atoms with Crippen LogP contribution in [0.5, 0.6) is 11.5 Å². The number of hydrogen-bond donors (Lipinski definition) is 1. The molecule has 18 heavy (non-hydrogen) atoms. The van der Waals surface area contributed by atoms with E-state index in [0.29, 0.717) is 6.07 Å². The second-order valence-corrected chi connectivity index (χ2v) is 6.15. The van der Waals surface area contributed by atoms with Crippen molar-refractivity contribution in [2.75, 3.05) is 7.11 Å². The quantitative estimate of drug-likeness (QED) is 0.871. The Hall–Kier alpha value is -1.15. The van der Waals surface area contributed by atoms with E-state index in [4.69, 9.17) is 10.7 Å². The first-order chi connectivity index (χ1) is 8.04. The van der Waals surface area contributed by atoms with E-state index >= 15 is 0 Å². The van der Waals surface area contributed by atoms with E-state index in [9.17, 15) is 26.7 Å². The smallest absolute Gasteiger partial charge is 0.420 e. The summed E-state index contributed by atoms with van der Waals surface area (Å²) in [6.07, 6.45) is -4.83. The normalized spacial score (nSPS) is 12.5. The van der Waals surface area contributed by atoms with Crippen molar-refractivity contribution in [1.82, 2.24) is 0 Å². The van der Waals surface area contributed by atoms with Gasteiger partial charge in [0.05, 0.1) is 12.9 Å². The van der Waals surface area contributed by atoms with E-state index in [1.807, 2.05) is 0 Å². The minimum absolute atomic E-state index is 0.230. The third-order valence-electron chi connectivity index (χ3n) is 2.00. The van der Waals surface area contributed by atoms with Crippen LogP contribution in [0.4, 0.5) is 13.2 Å². The molecule has 1 aromatic rings. The summed E-state index contributed by atoms with van der Waals surface area (Å²) in [7, 11) is 2.00. The van der Waals surface area contributed by atoms with Gasteiger partial charge in [-0.3, -0.25) is 0 Å². The molecule has 0 saturated carbocycles. The van der Waals surface area contributed by atoms with Gasteiger partial charge in [-0.15, -0.1) is 0 Å². The lowest BCUT2D eigenvalue weighted by atomic mass is 10.1. The highest BCUT2D eigenvalue weighted by atomic mass is 35.7. The zero-order chi connectivity index (χ0) is 14.1. The summed E-state index contributed by atoms with van der Waals surface area (Å²) in [4.78, 5) is 0. The average molecular weight is 305 g/mol. The Labute approximate surface area is 105 Å². The van der Waals surface area contributed by atoms with Crippen molar-refractivity contribution in [3.63, 3.8) is 0 Å². The molecule has 0 spiro atoms. The summed E-state index contributed by atoms with van der Waals surface area (Å²) >= 11 is 0. The molecule has 0 aliphatic rings. The maximum absolute atomic E-state index is 12.6. The van der Waals surface area contributed by atoms with E-state index in [1.54, 1.807) is 0 Å². The van der Waals surface area contributed by atoms with E-state index in [2.05, 4.69) is 4.74 Å². The Morgan fingerprint density at radius 1 is 1.39 bits per heavy atom. The van der Waals surface area contributed by atoms with Gasteiger partial charge in [0.25, 0.3) is 0 Å². The molecule has 1 aromatic carbocycles. The van der Waals surface area contributed by atoms with Crippen LogP contribution >= 0.6 is 10.7 Å². The number of rotatable bonds is 3. The molecular formula is C9H8ClF3O4S. The van der Waals surface area contributed by atoms with E-state index in [0.717, 1.165) is 13.2 Å². The lowest BCUT2D eigenvalue weighted by Gasteiger charge is -2.13. The summed E-state index contributed by atoms with van der Waals surface area (Å²) < 4.78 is 63.9. The second-order valence-electron chi connectivity index (χ2n) is 3.38. The summed E-state index contributed by atoms with van der Waals surface area (Å²) in [6.45, 7) is 0. The standard InChI is InChI=1S/C9H8ClF3O4S/c1-17-7-3-5(4-18(10,15)16)2-6(8(7)14)9(11,12)13/h2-3,14H,4H2,1H3. The number of alkyl halides is 3. The van der Waals surface area contributed by atoms with Crippen molar-refractivity contribution in [1.29, 1.82) is 0 Å². The van der Waals surface area contributed by atoms with Crippen molar-refractivity contribution < 1.29 is 31.4 Å². The Morgan fingerprint density at radius 3 is 2.33 bits per heavy atom. The summed E-state index contributed by atoms with van der Waals surface area (Å²) in [5, 5.41) is 9.32. The Morgan fingerprint density at radius 2 is 1.94 bits per heavy atom. The molecule has 0 aliphatic carbocycles. The van der Waals surface area contributed by atoms with E-state index in [-0.39, 0.29) is 5.56 Å². The molecule has 0 heterocycles. The van der Waals surface area contributed by atoms with Gasteiger partial charge in [-0.2, -0.15) is 13.2 Å². The average Bonchev–Trinajstić information content (AvgIpc) is 2.16. The van der Waals surface area contributed by atoms with E-state index < -0.39 is 38.0 Å². The molecule has 0 aromatic heterocycles. The van der Waals surface area contributed by atoms with Crippen LogP contribution in [0, 0.1) is 0 Å². The zero-order valence-corrected chi connectivity index (χ0v) is 10.5. The van der Waals surface area contributed by atoms with Gasteiger partial charge < -0.3 is 9.84 Å². The van der Waals surface area contributed by atoms with Crippen molar-refractivity contribution >= 4 is 19.7 Å². The largest absolute Gasteiger partial charge is 0.504 e. The SMILES string of the molecule is COc1cc(CS(=O)(=O)Cl)cc(C(F)(F)F)c1O. The minimum Gasteiger partial charge on any atom is -0.504 e. The first-order valence-corrected chi connectivity index (χ1v) is 6.92. The Bertz CT molecular complexity index is 554. The van der Waals surface area contributed by atoms with Crippen LogP contribution in [0.3, 0.4) is 0 Å². The van der Waals surface area contributed by atoms with Crippen LogP contribution in [0.2, 0.25) is 0 Å². The van der Waals surface area contributed by atoms with Crippen molar-refractivity contribution in [3.05, 3.63) is 23.3 Å². The van der Waals surface area contributed by atoms with Crippen molar-refractivity contribution in [2.45, 2.75) is 11.9 Å². The number of phenolic OH excluding ortho intramolecular Hbond substituents is 1. The van der Waals surface area contributed by atoms with Gasteiger partial charge in [-0.1, -0.05) is 0 Å². The number of phenols is 1. The first-order valence-electron chi connectivity index (χ1n) is 4.44. The zero-order valence-electron chi connectivity index (χ0n) is 8.95. The summed E-state index contributed by atoms with van der Waals surface area (Å²) in [5.74, 6) is -2.37. The van der Waals surface area contributed by atoms with Gasteiger partial charge in [-0.25, -0.2) is 8.42 Å². The fourth-order valence-corrected chi connectivity index (χ4v) is 2.26. The molecule has 0 aliphatic heterocycles. The first kappa shape index (κ1) is 14.9. The van der Waals surface area contributed by atoms with Gasteiger partial charge in [0.1, 0.15) is 5.56 Å². The van der Waals surface area contributed by atoms with Crippen molar-refractivity contribution in [2.24, 2.45) is 0 Å². The second kappa shape index (κ2) is 4.85. The number of aromatic hydroxyl groups is 1. The molecule has 0 amide bonds. The number of benzene rings is 1. The molecule has 1 rings (SSSR count). The highest BCUT2D eigenvalue weighted by molar-refractivity contribution is 8.13. The predicted molar refractivity (Wildman–Crippen MR) is 58.1 cm³/mol. The minimum atomic E-state index is -4.83. The molecular weight excluding hydrogens is 297 g/mol. The molecule has 4 nitrogen and oxygen atoms in total. The van der Waals surface area contributed by atoms with Crippen molar-refractivity contribution in [3.8, 4) is 11.5 Å². The van der Waals surface area contributed by atoms with Crippen LogP contribution in [0.15, 0.2) is 12.1 Å². The highest BCUT2D eigenvalue weighted by Crippen LogP contribution is 2.42. The van der Waals surface area contributed by atoms with Gasteiger partial charge in [0.15, 0.2) is 11.5 Å². The van der Waals surface area contributed by atoms with Crippen LogP contribution in [0.1, 0.15) is 11.1 Å². The van der Waals surface area contributed by atoms with Gasteiger partial charge in [0.2, 0.25) is 9.05 Å². The molecule has 0 saturated heterocycles. The Kier molecular flexibility index (Phi) is 4.02. The topological polar surface area (TPSA) is 63.6 Å². The fraction of sp³-hybridized carbons (Fsp3) is 0.333. The third-order valence-corrected chi connectivity index (χ3v) is 3.00. The molecule has 1 N–H and O–H groups in total. The third kappa shape index (κ3) is 3.67. The van der Waals surface area contributed by atoms with Crippen LogP contribution < -0.4 is 4.74 Å². The van der Waals surface area contributed by atoms with Gasteiger partial charge >= 0.3 is 6.18 Å². The summed E-state index contributed by atoms with van der Waals surface area (Å²) in [6, 6.07) is 1.49.